The number of carbonyl (C=O) groups is 1. The molecule has 0 radical (unpaired) electrons. The van der Waals surface area contributed by atoms with Crippen LogP contribution < -0.4 is 5.32 Å². The van der Waals surface area contributed by atoms with Crippen LogP contribution in [0, 0.1) is 11.8 Å². The maximum atomic E-state index is 11.2. The Balaban J connectivity index is 3.43. The summed E-state index contributed by atoms with van der Waals surface area (Å²) in [6, 6.07) is 0. The van der Waals surface area contributed by atoms with Crippen molar-refractivity contribution in [3.8, 4) is 0 Å². The highest BCUT2D eigenvalue weighted by Gasteiger charge is 2.07. The van der Waals surface area contributed by atoms with E-state index < -0.39 is 0 Å². The van der Waals surface area contributed by atoms with Crippen molar-refractivity contribution in [1.82, 2.24) is 10.2 Å². The Bertz CT molecular complexity index is 167. The Morgan fingerprint density at radius 2 is 1.86 bits per heavy atom. The Morgan fingerprint density at radius 3 is 2.29 bits per heavy atom. The van der Waals surface area contributed by atoms with Gasteiger partial charge in [0, 0.05) is 27.1 Å². The molecule has 0 aromatic rings. The largest absolute Gasteiger partial charge is 0.349 e. The molecule has 84 valence electrons. The van der Waals surface area contributed by atoms with E-state index in [2.05, 4.69) is 26.1 Å². The van der Waals surface area contributed by atoms with Gasteiger partial charge in [-0.1, -0.05) is 20.8 Å². The highest BCUT2D eigenvalue weighted by Crippen LogP contribution is 2.07. The molecule has 1 unspecified atom stereocenters. The molecule has 0 spiro atoms. The van der Waals surface area contributed by atoms with Gasteiger partial charge in [0.05, 0.1) is 0 Å². The molecular formula is C11H24N2O. The highest BCUT2D eigenvalue weighted by molar-refractivity contribution is 5.75. The molecule has 0 aliphatic heterocycles. The van der Waals surface area contributed by atoms with Gasteiger partial charge in [-0.05, 0) is 18.4 Å². The number of hydrogen-bond donors (Lipinski definition) is 1. The first-order chi connectivity index (χ1) is 6.45. The maximum absolute atomic E-state index is 11.2. The molecule has 1 amide bonds. The fourth-order valence-corrected chi connectivity index (χ4v) is 0.984. The van der Waals surface area contributed by atoms with Gasteiger partial charge in [0.1, 0.15) is 0 Å². The third-order valence-electron chi connectivity index (χ3n) is 2.62. The molecule has 0 heterocycles. The van der Waals surface area contributed by atoms with Crippen LogP contribution in [0.2, 0.25) is 0 Å². The summed E-state index contributed by atoms with van der Waals surface area (Å²) in [4.78, 5) is 12.8. The molecule has 0 aliphatic rings. The lowest BCUT2D eigenvalue weighted by Gasteiger charge is -2.16. The molecular weight excluding hydrogens is 176 g/mol. The summed E-state index contributed by atoms with van der Waals surface area (Å²) < 4.78 is 0. The summed E-state index contributed by atoms with van der Waals surface area (Å²) >= 11 is 0. The summed E-state index contributed by atoms with van der Waals surface area (Å²) in [5.41, 5.74) is 0. The van der Waals surface area contributed by atoms with Crippen molar-refractivity contribution >= 4 is 5.91 Å². The lowest BCUT2D eigenvalue weighted by atomic mass is 9.98. The Kier molecular flexibility index (Phi) is 6.54. The summed E-state index contributed by atoms with van der Waals surface area (Å²) in [5, 5.41) is 3.30. The summed E-state index contributed by atoms with van der Waals surface area (Å²) in [6.07, 6.45) is 0.595. The van der Waals surface area contributed by atoms with E-state index >= 15 is 0 Å². The third-order valence-corrected chi connectivity index (χ3v) is 2.62. The summed E-state index contributed by atoms with van der Waals surface area (Å²) in [6.45, 7) is 8.45. The van der Waals surface area contributed by atoms with E-state index in [0.717, 1.165) is 13.1 Å². The van der Waals surface area contributed by atoms with Crippen molar-refractivity contribution in [1.29, 1.82) is 0 Å². The minimum atomic E-state index is 0.190. The molecule has 0 aromatic carbocycles. The van der Waals surface area contributed by atoms with Crippen LogP contribution in [0.1, 0.15) is 27.2 Å². The van der Waals surface area contributed by atoms with Gasteiger partial charge in [-0.15, -0.1) is 0 Å². The van der Waals surface area contributed by atoms with Crippen molar-refractivity contribution in [2.75, 3.05) is 27.2 Å². The van der Waals surface area contributed by atoms with Crippen LogP contribution >= 0.6 is 0 Å². The van der Waals surface area contributed by atoms with Crippen molar-refractivity contribution < 1.29 is 4.79 Å². The topological polar surface area (TPSA) is 32.3 Å². The zero-order valence-electron chi connectivity index (χ0n) is 10.1. The van der Waals surface area contributed by atoms with Crippen LogP contribution in [0.4, 0.5) is 0 Å². The Hall–Kier alpha value is -0.570. The SMILES string of the molecule is CC(C)C(C)CNCCC(=O)N(C)C. The minimum absolute atomic E-state index is 0.190. The van der Waals surface area contributed by atoms with Crippen LogP contribution in [-0.4, -0.2) is 38.0 Å². The van der Waals surface area contributed by atoms with Gasteiger partial charge >= 0.3 is 0 Å². The van der Waals surface area contributed by atoms with E-state index in [1.54, 1.807) is 19.0 Å². The van der Waals surface area contributed by atoms with Gasteiger partial charge in [-0.3, -0.25) is 4.79 Å². The second-order valence-electron chi connectivity index (χ2n) is 4.46. The molecule has 14 heavy (non-hydrogen) atoms. The second-order valence-corrected chi connectivity index (χ2v) is 4.46. The van der Waals surface area contributed by atoms with Crippen LogP contribution in [0.5, 0.6) is 0 Å². The molecule has 3 heteroatoms. The van der Waals surface area contributed by atoms with Crippen molar-refractivity contribution in [2.45, 2.75) is 27.2 Å². The second kappa shape index (κ2) is 6.82. The summed E-state index contributed by atoms with van der Waals surface area (Å²) in [5.74, 6) is 1.56. The highest BCUT2D eigenvalue weighted by atomic mass is 16.2. The maximum Gasteiger partial charge on any atom is 0.223 e. The molecule has 3 nitrogen and oxygen atoms in total. The Morgan fingerprint density at radius 1 is 1.29 bits per heavy atom. The zero-order chi connectivity index (χ0) is 11.1. The van der Waals surface area contributed by atoms with E-state index in [4.69, 9.17) is 0 Å². The van der Waals surface area contributed by atoms with Gasteiger partial charge in [0.15, 0.2) is 0 Å². The monoisotopic (exact) mass is 200 g/mol. The van der Waals surface area contributed by atoms with Gasteiger partial charge in [0.25, 0.3) is 0 Å². The lowest BCUT2D eigenvalue weighted by Crippen LogP contribution is -2.29. The molecule has 0 rings (SSSR count). The van der Waals surface area contributed by atoms with E-state index in [1.165, 1.54) is 0 Å². The fraction of sp³-hybridized carbons (Fsp3) is 0.909. The fourth-order valence-electron chi connectivity index (χ4n) is 0.984. The molecule has 1 atom stereocenters. The average molecular weight is 200 g/mol. The van der Waals surface area contributed by atoms with Crippen molar-refractivity contribution in [3.05, 3.63) is 0 Å². The quantitative estimate of drug-likeness (QED) is 0.656. The van der Waals surface area contributed by atoms with Gasteiger partial charge in [0.2, 0.25) is 5.91 Å². The van der Waals surface area contributed by atoms with E-state index in [0.29, 0.717) is 18.3 Å². The molecule has 0 bridgehead atoms. The normalized spacial score (nSPS) is 13.0. The van der Waals surface area contributed by atoms with Crippen LogP contribution in [0.15, 0.2) is 0 Å². The first kappa shape index (κ1) is 13.4. The number of nitrogens with zero attached hydrogens (tertiary/aromatic N) is 1. The molecule has 0 aliphatic carbocycles. The number of carbonyl (C=O) groups excluding carboxylic acids is 1. The van der Waals surface area contributed by atoms with Crippen LogP contribution in [0.3, 0.4) is 0 Å². The first-order valence-electron chi connectivity index (χ1n) is 5.36. The molecule has 0 fully saturated rings. The van der Waals surface area contributed by atoms with Crippen LogP contribution in [-0.2, 0) is 4.79 Å². The van der Waals surface area contributed by atoms with Crippen molar-refractivity contribution in [2.24, 2.45) is 11.8 Å². The van der Waals surface area contributed by atoms with Gasteiger partial charge < -0.3 is 10.2 Å². The van der Waals surface area contributed by atoms with E-state index in [1.807, 2.05) is 0 Å². The average Bonchev–Trinajstić information content (AvgIpc) is 2.11. The third kappa shape index (κ3) is 5.97. The number of rotatable bonds is 6. The standard InChI is InChI=1S/C11H24N2O/c1-9(2)10(3)8-12-7-6-11(14)13(4)5/h9-10,12H,6-8H2,1-5H3. The predicted octanol–water partition coefficient (Wildman–Crippen LogP) is 1.35. The molecule has 1 N–H and O–H groups in total. The number of amides is 1. The first-order valence-corrected chi connectivity index (χ1v) is 5.36. The zero-order valence-corrected chi connectivity index (χ0v) is 10.1. The molecule has 0 saturated carbocycles. The predicted molar refractivity (Wildman–Crippen MR) is 60.2 cm³/mol. The smallest absolute Gasteiger partial charge is 0.223 e. The van der Waals surface area contributed by atoms with Gasteiger partial charge in [-0.2, -0.15) is 0 Å². The number of nitrogens with one attached hydrogen (secondary N) is 1. The van der Waals surface area contributed by atoms with Crippen LogP contribution in [0.25, 0.3) is 0 Å². The molecule has 0 aromatic heterocycles. The Labute approximate surface area is 87.9 Å². The van der Waals surface area contributed by atoms with E-state index in [9.17, 15) is 4.79 Å². The lowest BCUT2D eigenvalue weighted by molar-refractivity contribution is -0.128. The summed E-state index contributed by atoms with van der Waals surface area (Å²) in [7, 11) is 3.58. The van der Waals surface area contributed by atoms with Crippen molar-refractivity contribution in [3.63, 3.8) is 0 Å². The molecule has 0 saturated heterocycles. The minimum Gasteiger partial charge on any atom is -0.349 e. The van der Waals surface area contributed by atoms with Gasteiger partial charge in [-0.25, -0.2) is 0 Å². The number of hydrogen-bond acceptors (Lipinski definition) is 2. The van der Waals surface area contributed by atoms with E-state index in [-0.39, 0.29) is 5.91 Å².